The predicted molar refractivity (Wildman–Crippen MR) is 116 cm³/mol. The van der Waals surface area contributed by atoms with Gasteiger partial charge in [-0.05, 0) is 25.5 Å². The average molecular weight is 434 g/mol. The van der Waals surface area contributed by atoms with Gasteiger partial charge in [0.25, 0.3) is 0 Å². The maximum Gasteiger partial charge on any atom is 0.339 e. The number of hydrogen-bond acceptors (Lipinski definition) is 7. The van der Waals surface area contributed by atoms with E-state index in [0.29, 0.717) is 16.8 Å². The van der Waals surface area contributed by atoms with Crippen LogP contribution in [0.4, 0.5) is 5.69 Å². The van der Waals surface area contributed by atoms with Gasteiger partial charge in [-0.3, -0.25) is 15.0 Å². The Morgan fingerprint density at radius 3 is 2.38 bits per heavy atom. The van der Waals surface area contributed by atoms with Crippen molar-refractivity contribution in [3.05, 3.63) is 71.3 Å². The van der Waals surface area contributed by atoms with Gasteiger partial charge < -0.3 is 19.5 Å². The molecule has 0 radical (unpaired) electrons. The van der Waals surface area contributed by atoms with Crippen LogP contribution in [-0.2, 0) is 34.0 Å². The van der Waals surface area contributed by atoms with Crippen LogP contribution < -0.4 is 5.32 Å². The van der Waals surface area contributed by atoms with E-state index in [1.165, 1.54) is 0 Å². The third-order valence-electron chi connectivity index (χ3n) is 5.52. The topological polar surface area (TPSA) is 115 Å². The number of anilines is 1. The van der Waals surface area contributed by atoms with Gasteiger partial charge in [0, 0.05) is 11.3 Å². The molecule has 8 nitrogen and oxygen atoms in total. The molecule has 2 N–H and O–H groups in total. The first-order chi connectivity index (χ1) is 15.5. The summed E-state index contributed by atoms with van der Waals surface area (Å²) in [7, 11) is 0. The zero-order valence-electron chi connectivity index (χ0n) is 17.6. The molecule has 2 aromatic carbocycles. The van der Waals surface area contributed by atoms with Crippen molar-refractivity contribution in [2.75, 3.05) is 18.5 Å². The number of para-hydroxylation sites is 1. The van der Waals surface area contributed by atoms with Crippen LogP contribution in [-0.4, -0.2) is 37.0 Å². The van der Waals surface area contributed by atoms with Gasteiger partial charge in [0.05, 0.1) is 13.2 Å². The highest BCUT2D eigenvalue weighted by Crippen LogP contribution is 2.54. The molecule has 2 unspecified atom stereocenters. The molecule has 0 bridgehead atoms. The lowest BCUT2D eigenvalue weighted by atomic mass is 9.63. The van der Waals surface area contributed by atoms with Crippen LogP contribution >= 0.6 is 0 Å². The quantitative estimate of drug-likeness (QED) is 0.699. The van der Waals surface area contributed by atoms with E-state index in [9.17, 15) is 14.4 Å². The van der Waals surface area contributed by atoms with Gasteiger partial charge in [0.2, 0.25) is 11.8 Å². The number of ether oxygens (including phenoxy) is 3. The highest BCUT2D eigenvalue weighted by Gasteiger charge is 2.65. The number of amides is 1. The van der Waals surface area contributed by atoms with E-state index in [1.54, 1.807) is 68.4 Å². The van der Waals surface area contributed by atoms with Crippen molar-refractivity contribution in [3.8, 4) is 0 Å². The molecule has 0 saturated heterocycles. The Morgan fingerprint density at radius 1 is 1.03 bits per heavy atom. The number of esters is 2. The fraction of sp³-hybridized carbons (Fsp3) is 0.250. The predicted octanol–water partition coefficient (Wildman–Crippen LogP) is 3.04. The van der Waals surface area contributed by atoms with Gasteiger partial charge in [0.1, 0.15) is 16.7 Å². The molecule has 2 atom stereocenters. The van der Waals surface area contributed by atoms with E-state index in [0.717, 1.165) is 0 Å². The molecule has 8 heteroatoms. The minimum atomic E-state index is -1.88. The first kappa shape index (κ1) is 21.3. The molecule has 1 spiro atoms. The minimum Gasteiger partial charge on any atom is -0.465 e. The number of carbonyl (C=O) groups excluding carboxylic acids is 3. The SMILES string of the molecule is CCOC(=O)C1=C(c2ccccc2)OC(=N)C(C(=O)OCC)C12C(=O)Nc1ccccc12. The standard InChI is InChI=1S/C24H22N2O6/c1-3-30-21(27)17-19(14-10-6-5-7-11-14)32-20(25)18(22(28)31-4-2)24(17)15-12-8-9-13-16(15)26-23(24)29/h5-13,18,25H,3-4H2,1-2H3,(H,26,29). The number of rotatable bonds is 5. The summed E-state index contributed by atoms with van der Waals surface area (Å²) in [5.74, 6) is -4.25. The molecule has 2 heterocycles. The Morgan fingerprint density at radius 2 is 1.69 bits per heavy atom. The van der Waals surface area contributed by atoms with Crippen molar-refractivity contribution >= 4 is 35.2 Å². The molecular formula is C24H22N2O6. The Hall–Kier alpha value is -3.94. The van der Waals surface area contributed by atoms with Gasteiger partial charge in [-0.1, -0.05) is 48.5 Å². The monoisotopic (exact) mass is 434 g/mol. The van der Waals surface area contributed by atoms with Crippen molar-refractivity contribution in [2.24, 2.45) is 5.92 Å². The summed E-state index contributed by atoms with van der Waals surface area (Å²) in [5, 5.41) is 11.4. The maximum atomic E-state index is 13.7. The molecule has 4 rings (SSSR count). The van der Waals surface area contributed by atoms with E-state index >= 15 is 0 Å². The van der Waals surface area contributed by atoms with E-state index in [4.69, 9.17) is 19.6 Å². The fourth-order valence-corrected chi connectivity index (χ4v) is 4.31. The third kappa shape index (κ3) is 3.07. The molecule has 0 aliphatic carbocycles. The molecule has 0 fully saturated rings. The Bertz CT molecular complexity index is 1140. The molecule has 2 aromatic rings. The summed E-state index contributed by atoms with van der Waals surface area (Å²) in [6.45, 7) is 3.35. The second kappa shape index (κ2) is 8.30. The van der Waals surface area contributed by atoms with Crippen LogP contribution in [0.15, 0.2) is 60.2 Å². The highest BCUT2D eigenvalue weighted by molar-refractivity contribution is 6.23. The lowest BCUT2D eigenvalue weighted by Gasteiger charge is -2.39. The first-order valence-corrected chi connectivity index (χ1v) is 10.3. The summed E-state index contributed by atoms with van der Waals surface area (Å²) >= 11 is 0. The third-order valence-corrected chi connectivity index (χ3v) is 5.52. The van der Waals surface area contributed by atoms with Gasteiger partial charge in [-0.25, -0.2) is 4.79 Å². The summed E-state index contributed by atoms with van der Waals surface area (Å²) in [4.78, 5) is 40.1. The lowest BCUT2D eigenvalue weighted by molar-refractivity contribution is -0.151. The lowest BCUT2D eigenvalue weighted by Crippen LogP contribution is -2.55. The second-order valence-electron chi connectivity index (χ2n) is 7.25. The van der Waals surface area contributed by atoms with Crippen LogP contribution in [0.5, 0.6) is 0 Å². The summed E-state index contributed by atoms with van der Waals surface area (Å²) in [5.41, 5.74) is -0.722. The highest BCUT2D eigenvalue weighted by atomic mass is 16.5. The molecule has 164 valence electrons. The molecule has 0 aromatic heterocycles. The van der Waals surface area contributed by atoms with Crippen molar-refractivity contribution in [1.29, 1.82) is 5.41 Å². The first-order valence-electron chi connectivity index (χ1n) is 10.3. The van der Waals surface area contributed by atoms with Gasteiger partial charge >= 0.3 is 11.9 Å². The van der Waals surface area contributed by atoms with Gasteiger partial charge in [-0.2, -0.15) is 0 Å². The number of hydrogen-bond donors (Lipinski definition) is 2. The van der Waals surface area contributed by atoms with Gasteiger partial charge in [0.15, 0.2) is 5.92 Å². The minimum absolute atomic E-state index is 0.00134. The summed E-state index contributed by atoms with van der Waals surface area (Å²) in [6, 6.07) is 15.4. The van der Waals surface area contributed by atoms with Crippen molar-refractivity contribution in [2.45, 2.75) is 19.3 Å². The van der Waals surface area contributed by atoms with Crippen LogP contribution in [0.2, 0.25) is 0 Å². The smallest absolute Gasteiger partial charge is 0.339 e. The van der Waals surface area contributed by atoms with Crippen molar-refractivity contribution in [1.82, 2.24) is 0 Å². The average Bonchev–Trinajstić information content (AvgIpc) is 3.06. The Kier molecular flexibility index (Phi) is 5.52. The molecular weight excluding hydrogens is 412 g/mol. The normalized spacial score (nSPS) is 21.6. The zero-order valence-corrected chi connectivity index (χ0v) is 17.6. The Balaban J connectivity index is 2.11. The number of benzene rings is 2. The van der Waals surface area contributed by atoms with E-state index < -0.39 is 35.1 Å². The van der Waals surface area contributed by atoms with Crippen LogP contribution in [0.3, 0.4) is 0 Å². The molecule has 32 heavy (non-hydrogen) atoms. The largest absolute Gasteiger partial charge is 0.465 e. The van der Waals surface area contributed by atoms with E-state index in [2.05, 4.69) is 5.32 Å². The zero-order chi connectivity index (χ0) is 22.9. The second-order valence-corrected chi connectivity index (χ2v) is 7.25. The number of nitrogens with one attached hydrogen (secondary N) is 2. The Labute approximate surface area is 184 Å². The summed E-state index contributed by atoms with van der Waals surface area (Å²) < 4.78 is 16.3. The fourth-order valence-electron chi connectivity index (χ4n) is 4.31. The van der Waals surface area contributed by atoms with Crippen LogP contribution in [0.25, 0.3) is 5.76 Å². The maximum absolute atomic E-state index is 13.7. The number of carbonyl (C=O) groups is 3. The molecule has 2 aliphatic rings. The molecule has 2 aliphatic heterocycles. The van der Waals surface area contributed by atoms with Crippen LogP contribution in [0.1, 0.15) is 25.0 Å². The van der Waals surface area contributed by atoms with E-state index in [1.807, 2.05) is 0 Å². The number of fused-ring (bicyclic) bond motifs is 2. The van der Waals surface area contributed by atoms with E-state index in [-0.39, 0.29) is 24.5 Å². The van der Waals surface area contributed by atoms with Gasteiger partial charge in [-0.15, -0.1) is 0 Å². The van der Waals surface area contributed by atoms with Crippen LogP contribution in [0, 0.1) is 11.3 Å². The van der Waals surface area contributed by atoms with Crippen molar-refractivity contribution in [3.63, 3.8) is 0 Å². The van der Waals surface area contributed by atoms with Crippen molar-refractivity contribution < 1.29 is 28.6 Å². The molecule has 1 amide bonds. The molecule has 0 saturated carbocycles. The summed E-state index contributed by atoms with van der Waals surface area (Å²) in [6.07, 6.45) is 0.